The second-order valence-electron chi connectivity index (χ2n) is 8.69. The topological polar surface area (TPSA) is 108 Å². The van der Waals surface area contributed by atoms with Crippen LogP contribution in [0, 0.1) is 17.2 Å². The first-order chi connectivity index (χ1) is 15.8. The lowest BCUT2D eigenvalue weighted by molar-refractivity contribution is 0.0398. The summed E-state index contributed by atoms with van der Waals surface area (Å²) >= 11 is 0. The number of H-pyrrole nitrogens is 1. The molecule has 168 valence electrons. The third-order valence-electron chi connectivity index (χ3n) is 6.75. The standard InChI is InChI=1S/C23H30N8O/c24-7-5-20(17-3-1-2-4-17)31-15-19(21-18-6-8-25-22(18)28-16-27-21)23(29-31)26-9-10-30-11-13-32-14-12-30/h6,8,15-17,20H,1-5,9-14H2,(H,26,29)(H,25,27,28). The van der Waals surface area contributed by atoms with E-state index in [4.69, 9.17) is 9.84 Å². The van der Waals surface area contributed by atoms with Crippen molar-refractivity contribution in [1.29, 1.82) is 5.26 Å². The lowest BCUT2D eigenvalue weighted by atomic mass is 9.96. The summed E-state index contributed by atoms with van der Waals surface area (Å²) in [6, 6.07) is 4.49. The van der Waals surface area contributed by atoms with Crippen LogP contribution in [0.4, 0.5) is 5.82 Å². The van der Waals surface area contributed by atoms with E-state index in [2.05, 4.69) is 37.4 Å². The van der Waals surface area contributed by atoms with Gasteiger partial charge in [0.25, 0.3) is 0 Å². The predicted octanol–water partition coefficient (Wildman–Crippen LogP) is 3.21. The highest BCUT2D eigenvalue weighted by Crippen LogP contribution is 2.38. The molecule has 5 rings (SSSR count). The molecule has 0 aromatic carbocycles. The summed E-state index contributed by atoms with van der Waals surface area (Å²) in [7, 11) is 0. The second-order valence-corrected chi connectivity index (χ2v) is 8.69. The van der Waals surface area contributed by atoms with Crippen LogP contribution >= 0.6 is 0 Å². The summed E-state index contributed by atoms with van der Waals surface area (Å²) < 4.78 is 7.47. The predicted molar refractivity (Wildman–Crippen MR) is 122 cm³/mol. The number of hydrogen-bond acceptors (Lipinski definition) is 7. The van der Waals surface area contributed by atoms with Crippen LogP contribution in [0.25, 0.3) is 22.3 Å². The summed E-state index contributed by atoms with van der Waals surface area (Å²) in [5.74, 6) is 1.32. The van der Waals surface area contributed by atoms with Crippen molar-refractivity contribution < 1.29 is 4.74 Å². The van der Waals surface area contributed by atoms with Gasteiger partial charge >= 0.3 is 0 Å². The van der Waals surface area contributed by atoms with Gasteiger partial charge in [-0.15, -0.1) is 0 Å². The van der Waals surface area contributed by atoms with Crippen molar-refractivity contribution >= 4 is 16.9 Å². The maximum absolute atomic E-state index is 9.50. The zero-order valence-corrected chi connectivity index (χ0v) is 18.3. The maximum atomic E-state index is 9.50. The lowest BCUT2D eigenvalue weighted by Gasteiger charge is -2.26. The molecule has 4 heterocycles. The Morgan fingerprint density at radius 1 is 1.25 bits per heavy atom. The number of nitrogens with one attached hydrogen (secondary N) is 2. The van der Waals surface area contributed by atoms with Crippen molar-refractivity contribution in [2.45, 2.75) is 38.1 Å². The van der Waals surface area contributed by atoms with E-state index < -0.39 is 0 Å². The molecule has 3 aromatic heterocycles. The average Bonchev–Trinajstić information content (AvgIpc) is 3.59. The van der Waals surface area contributed by atoms with Crippen molar-refractivity contribution in [2.75, 3.05) is 44.7 Å². The Bertz CT molecular complexity index is 1070. The largest absolute Gasteiger partial charge is 0.379 e. The number of nitriles is 1. The molecule has 1 aliphatic carbocycles. The van der Waals surface area contributed by atoms with Crippen LogP contribution in [-0.2, 0) is 4.74 Å². The van der Waals surface area contributed by atoms with E-state index in [9.17, 15) is 5.26 Å². The Labute approximate surface area is 187 Å². The molecule has 1 atom stereocenters. The maximum Gasteiger partial charge on any atom is 0.157 e. The Morgan fingerprint density at radius 3 is 2.91 bits per heavy atom. The molecule has 2 fully saturated rings. The van der Waals surface area contributed by atoms with Gasteiger partial charge in [-0.3, -0.25) is 9.58 Å². The Hall–Kier alpha value is -2.96. The molecule has 1 aliphatic heterocycles. The number of anilines is 1. The van der Waals surface area contributed by atoms with Gasteiger partial charge < -0.3 is 15.0 Å². The zero-order chi connectivity index (χ0) is 21.8. The van der Waals surface area contributed by atoms with Crippen molar-refractivity contribution in [1.82, 2.24) is 29.6 Å². The molecular weight excluding hydrogens is 404 g/mol. The highest BCUT2D eigenvalue weighted by Gasteiger charge is 2.28. The highest BCUT2D eigenvalue weighted by molar-refractivity contribution is 5.93. The van der Waals surface area contributed by atoms with Crippen LogP contribution < -0.4 is 5.32 Å². The fraction of sp³-hybridized carbons (Fsp3) is 0.565. The van der Waals surface area contributed by atoms with Gasteiger partial charge in [0.1, 0.15) is 12.0 Å². The molecule has 2 N–H and O–H groups in total. The van der Waals surface area contributed by atoms with Gasteiger partial charge in [0.05, 0.1) is 43.0 Å². The summed E-state index contributed by atoms with van der Waals surface area (Å²) in [6.07, 6.45) is 10.8. The first-order valence-corrected chi connectivity index (χ1v) is 11.6. The Balaban J connectivity index is 1.45. The lowest BCUT2D eigenvalue weighted by Crippen LogP contribution is -2.39. The zero-order valence-electron chi connectivity index (χ0n) is 18.3. The van der Waals surface area contributed by atoms with Crippen LogP contribution in [0.5, 0.6) is 0 Å². The number of fused-ring (bicyclic) bond motifs is 1. The molecule has 0 bridgehead atoms. The number of morpholine rings is 1. The third kappa shape index (κ3) is 4.33. The van der Waals surface area contributed by atoms with Crippen molar-refractivity contribution in [3.8, 4) is 17.3 Å². The summed E-state index contributed by atoms with van der Waals surface area (Å²) in [5, 5.41) is 19.0. The van der Waals surface area contributed by atoms with E-state index in [1.54, 1.807) is 6.33 Å². The first-order valence-electron chi connectivity index (χ1n) is 11.6. The van der Waals surface area contributed by atoms with Crippen LogP contribution in [0.3, 0.4) is 0 Å². The van der Waals surface area contributed by atoms with Crippen molar-refractivity contribution in [3.05, 3.63) is 24.8 Å². The number of aromatic amines is 1. The fourth-order valence-corrected chi connectivity index (χ4v) is 5.02. The SMILES string of the molecule is N#CCC(C1CCCC1)n1cc(-c2ncnc3[nH]ccc23)c(NCCN2CCOCC2)n1. The van der Waals surface area contributed by atoms with E-state index in [1.165, 1.54) is 12.8 Å². The van der Waals surface area contributed by atoms with Crippen molar-refractivity contribution in [2.24, 2.45) is 5.92 Å². The Kier molecular flexibility index (Phi) is 6.32. The molecule has 3 aromatic rings. The molecule has 1 unspecified atom stereocenters. The number of aromatic nitrogens is 5. The molecule has 2 aliphatic rings. The summed E-state index contributed by atoms with van der Waals surface area (Å²) in [4.78, 5) is 14.5. The molecule has 32 heavy (non-hydrogen) atoms. The molecule has 0 amide bonds. The van der Waals surface area contributed by atoms with Gasteiger partial charge in [-0.2, -0.15) is 10.4 Å². The first kappa shape index (κ1) is 20.9. The molecule has 0 spiro atoms. The van der Waals surface area contributed by atoms with Crippen LogP contribution in [0.2, 0.25) is 0 Å². The quantitative estimate of drug-likeness (QED) is 0.560. The van der Waals surface area contributed by atoms with E-state index >= 15 is 0 Å². The van der Waals surface area contributed by atoms with E-state index in [1.807, 2.05) is 16.9 Å². The normalized spacial score (nSPS) is 18.7. The molecule has 0 radical (unpaired) electrons. The smallest absolute Gasteiger partial charge is 0.157 e. The van der Waals surface area contributed by atoms with Gasteiger partial charge in [-0.1, -0.05) is 12.8 Å². The van der Waals surface area contributed by atoms with Gasteiger partial charge in [0.15, 0.2) is 5.82 Å². The summed E-state index contributed by atoms with van der Waals surface area (Å²) in [6.45, 7) is 5.24. The minimum atomic E-state index is 0.0968. The van der Waals surface area contributed by atoms with Gasteiger partial charge in [-0.05, 0) is 24.8 Å². The highest BCUT2D eigenvalue weighted by atomic mass is 16.5. The second kappa shape index (κ2) is 9.67. The van der Waals surface area contributed by atoms with Crippen LogP contribution in [0.15, 0.2) is 24.8 Å². The number of hydrogen-bond donors (Lipinski definition) is 2. The van der Waals surface area contributed by atoms with Crippen molar-refractivity contribution in [3.63, 3.8) is 0 Å². The van der Waals surface area contributed by atoms with Crippen LogP contribution in [-0.4, -0.2) is 69.0 Å². The molecule has 1 saturated carbocycles. The number of ether oxygens (including phenoxy) is 1. The summed E-state index contributed by atoms with van der Waals surface area (Å²) in [5.41, 5.74) is 2.63. The Morgan fingerprint density at radius 2 is 2.09 bits per heavy atom. The number of rotatable bonds is 8. The molecule has 9 nitrogen and oxygen atoms in total. The minimum absolute atomic E-state index is 0.0968. The van der Waals surface area contributed by atoms with E-state index in [0.29, 0.717) is 12.3 Å². The van der Waals surface area contributed by atoms with Gasteiger partial charge in [-0.25, -0.2) is 9.97 Å². The molecular formula is C23H30N8O. The van der Waals surface area contributed by atoms with Gasteiger partial charge in [0, 0.05) is 44.0 Å². The van der Waals surface area contributed by atoms with E-state index in [0.717, 1.165) is 80.3 Å². The molecule has 9 heteroatoms. The minimum Gasteiger partial charge on any atom is -0.379 e. The average molecular weight is 435 g/mol. The third-order valence-corrected chi connectivity index (χ3v) is 6.75. The monoisotopic (exact) mass is 434 g/mol. The van der Waals surface area contributed by atoms with E-state index in [-0.39, 0.29) is 6.04 Å². The van der Waals surface area contributed by atoms with Gasteiger partial charge in [0.2, 0.25) is 0 Å². The molecule has 1 saturated heterocycles. The van der Waals surface area contributed by atoms with Crippen LogP contribution in [0.1, 0.15) is 38.1 Å². The fourth-order valence-electron chi connectivity index (χ4n) is 5.02. The number of nitrogens with zero attached hydrogens (tertiary/aromatic N) is 6.